The van der Waals surface area contributed by atoms with Gasteiger partial charge in [0.15, 0.2) is 0 Å². The summed E-state index contributed by atoms with van der Waals surface area (Å²) in [5, 5.41) is 0. The smallest absolute Gasteiger partial charge is 0.123 e. The van der Waals surface area contributed by atoms with Crippen LogP contribution in [0.1, 0.15) is 18.4 Å². The molecule has 1 aliphatic heterocycles. The molecule has 1 fully saturated rings. The fourth-order valence-electron chi connectivity index (χ4n) is 1.92. The maximum Gasteiger partial charge on any atom is 0.123 e. The number of rotatable bonds is 2. The number of hydrogen-bond acceptors (Lipinski definition) is 3. The number of ether oxygens (including phenoxy) is 1. The minimum Gasteiger partial charge on any atom is -0.384 e. The van der Waals surface area contributed by atoms with E-state index in [1.807, 2.05) is 12.1 Å². The third kappa shape index (κ3) is 2.45. The molecule has 2 rings (SSSR count). The van der Waals surface area contributed by atoms with Crippen molar-refractivity contribution in [2.24, 2.45) is 5.92 Å². The van der Waals surface area contributed by atoms with E-state index in [0.29, 0.717) is 11.7 Å². The number of nitrogens with two attached hydrogens (primary N) is 1. The molecular formula is C11H16N2O. The van der Waals surface area contributed by atoms with Gasteiger partial charge in [-0.05, 0) is 42.9 Å². The van der Waals surface area contributed by atoms with Gasteiger partial charge in [0.05, 0.1) is 0 Å². The van der Waals surface area contributed by atoms with Crippen LogP contribution < -0.4 is 5.73 Å². The first-order chi connectivity index (χ1) is 6.84. The predicted molar refractivity (Wildman–Crippen MR) is 55.9 cm³/mol. The van der Waals surface area contributed by atoms with Crippen molar-refractivity contribution in [2.75, 3.05) is 18.9 Å². The predicted octanol–water partition coefficient (Wildman–Crippen LogP) is 1.63. The molecule has 1 saturated heterocycles. The van der Waals surface area contributed by atoms with Gasteiger partial charge < -0.3 is 10.5 Å². The van der Waals surface area contributed by atoms with Gasteiger partial charge in [-0.2, -0.15) is 0 Å². The fraction of sp³-hybridized carbons (Fsp3) is 0.545. The molecule has 0 aromatic carbocycles. The van der Waals surface area contributed by atoms with Crippen LogP contribution in [-0.4, -0.2) is 18.2 Å². The summed E-state index contributed by atoms with van der Waals surface area (Å²) in [6.07, 6.45) is 5.29. The van der Waals surface area contributed by atoms with Gasteiger partial charge in [0.2, 0.25) is 0 Å². The molecule has 3 nitrogen and oxygen atoms in total. The normalized spacial score (nSPS) is 22.1. The topological polar surface area (TPSA) is 48.1 Å². The van der Waals surface area contributed by atoms with Crippen molar-refractivity contribution in [1.82, 2.24) is 4.98 Å². The summed E-state index contributed by atoms with van der Waals surface area (Å²) in [5.41, 5.74) is 6.89. The minimum atomic E-state index is 0.610. The summed E-state index contributed by atoms with van der Waals surface area (Å²) < 4.78 is 5.44. The molecule has 0 spiro atoms. The molecule has 76 valence electrons. The largest absolute Gasteiger partial charge is 0.384 e. The highest BCUT2D eigenvalue weighted by molar-refractivity contribution is 5.31. The molecule has 2 heterocycles. The Labute approximate surface area is 84.3 Å². The van der Waals surface area contributed by atoms with E-state index < -0.39 is 0 Å². The molecule has 1 aliphatic rings. The fourth-order valence-corrected chi connectivity index (χ4v) is 1.92. The number of nitrogen functional groups attached to an aromatic ring is 1. The Bertz CT molecular complexity index is 295. The zero-order valence-electron chi connectivity index (χ0n) is 8.28. The van der Waals surface area contributed by atoms with Crippen molar-refractivity contribution >= 4 is 5.82 Å². The molecule has 1 atom stereocenters. The van der Waals surface area contributed by atoms with Crippen molar-refractivity contribution in [3.63, 3.8) is 0 Å². The maximum atomic E-state index is 5.62. The van der Waals surface area contributed by atoms with Gasteiger partial charge in [-0.15, -0.1) is 0 Å². The summed E-state index contributed by atoms with van der Waals surface area (Å²) >= 11 is 0. The minimum absolute atomic E-state index is 0.610. The van der Waals surface area contributed by atoms with E-state index in [1.165, 1.54) is 18.4 Å². The Morgan fingerprint density at radius 2 is 2.50 bits per heavy atom. The molecule has 0 amide bonds. The lowest BCUT2D eigenvalue weighted by Crippen LogP contribution is -2.19. The lowest BCUT2D eigenvalue weighted by atomic mass is 9.95. The molecule has 1 aromatic heterocycles. The quantitative estimate of drug-likeness (QED) is 0.774. The average Bonchev–Trinajstić information content (AvgIpc) is 2.19. The summed E-state index contributed by atoms with van der Waals surface area (Å²) in [4.78, 5) is 3.98. The van der Waals surface area contributed by atoms with Gasteiger partial charge in [0, 0.05) is 19.4 Å². The maximum absolute atomic E-state index is 5.62. The Balaban J connectivity index is 1.95. The van der Waals surface area contributed by atoms with Crippen LogP contribution in [0.5, 0.6) is 0 Å². The van der Waals surface area contributed by atoms with E-state index in [2.05, 4.69) is 4.98 Å². The van der Waals surface area contributed by atoms with Crippen LogP contribution in [-0.2, 0) is 11.2 Å². The first kappa shape index (κ1) is 9.46. The van der Waals surface area contributed by atoms with Gasteiger partial charge in [0.1, 0.15) is 5.82 Å². The van der Waals surface area contributed by atoms with Crippen LogP contribution in [0.2, 0.25) is 0 Å². The lowest BCUT2D eigenvalue weighted by Gasteiger charge is -2.21. The van der Waals surface area contributed by atoms with E-state index >= 15 is 0 Å². The Morgan fingerprint density at radius 3 is 3.21 bits per heavy atom. The molecule has 0 saturated carbocycles. The molecule has 2 N–H and O–H groups in total. The number of pyridine rings is 1. The molecule has 1 unspecified atom stereocenters. The second-order valence-electron chi connectivity index (χ2n) is 3.88. The number of anilines is 1. The number of aromatic nitrogens is 1. The van der Waals surface area contributed by atoms with Crippen LogP contribution in [0, 0.1) is 5.92 Å². The zero-order chi connectivity index (χ0) is 9.80. The van der Waals surface area contributed by atoms with Gasteiger partial charge in [0.25, 0.3) is 0 Å². The van der Waals surface area contributed by atoms with Gasteiger partial charge in [-0.1, -0.05) is 0 Å². The van der Waals surface area contributed by atoms with Gasteiger partial charge in [-0.25, -0.2) is 4.98 Å². The Morgan fingerprint density at radius 1 is 1.57 bits per heavy atom. The Hall–Kier alpha value is -1.09. The van der Waals surface area contributed by atoms with Crippen molar-refractivity contribution < 1.29 is 4.74 Å². The summed E-state index contributed by atoms with van der Waals surface area (Å²) in [6.45, 7) is 1.82. The highest BCUT2D eigenvalue weighted by Gasteiger charge is 2.14. The van der Waals surface area contributed by atoms with Crippen molar-refractivity contribution in [2.45, 2.75) is 19.3 Å². The van der Waals surface area contributed by atoms with Crippen molar-refractivity contribution in [1.29, 1.82) is 0 Å². The summed E-state index contributed by atoms with van der Waals surface area (Å²) in [5.74, 6) is 1.27. The third-order valence-electron chi connectivity index (χ3n) is 2.62. The molecule has 1 aromatic rings. The van der Waals surface area contributed by atoms with E-state index in [4.69, 9.17) is 10.5 Å². The van der Waals surface area contributed by atoms with Crippen LogP contribution in [0.3, 0.4) is 0 Å². The second kappa shape index (κ2) is 4.42. The second-order valence-corrected chi connectivity index (χ2v) is 3.88. The molecule has 0 radical (unpaired) electrons. The standard InChI is InChI=1S/C11H16N2O/c12-11-7-9(3-4-13-11)6-10-2-1-5-14-8-10/h3-4,7,10H,1-2,5-6,8H2,(H2,12,13). The molecule has 0 bridgehead atoms. The average molecular weight is 192 g/mol. The lowest BCUT2D eigenvalue weighted by molar-refractivity contribution is 0.0550. The first-order valence-electron chi connectivity index (χ1n) is 5.13. The number of hydrogen-bond donors (Lipinski definition) is 1. The van der Waals surface area contributed by atoms with E-state index in [1.54, 1.807) is 6.20 Å². The monoisotopic (exact) mass is 192 g/mol. The first-order valence-corrected chi connectivity index (χ1v) is 5.13. The van der Waals surface area contributed by atoms with E-state index in [-0.39, 0.29) is 0 Å². The summed E-state index contributed by atoms with van der Waals surface area (Å²) in [7, 11) is 0. The highest BCUT2D eigenvalue weighted by Crippen LogP contribution is 2.19. The van der Waals surface area contributed by atoms with Crippen molar-refractivity contribution in [3.05, 3.63) is 23.9 Å². The SMILES string of the molecule is Nc1cc(CC2CCCOC2)ccn1. The highest BCUT2D eigenvalue weighted by atomic mass is 16.5. The molecular weight excluding hydrogens is 176 g/mol. The van der Waals surface area contributed by atoms with Crippen LogP contribution in [0.25, 0.3) is 0 Å². The summed E-state index contributed by atoms with van der Waals surface area (Å²) in [6, 6.07) is 3.99. The zero-order valence-corrected chi connectivity index (χ0v) is 8.28. The number of nitrogens with zero attached hydrogens (tertiary/aromatic N) is 1. The van der Waals surface area contributed by atoms with Crippen LogP contribution >= 0.6 is 0 Å². The van der Waals surface area contributed by atoms with Crippen LogP contribution in [0.4, 0.5) is 5.82 Å². The van der Waals surface area contributed by atoms with E-state index in [9.17, 15) is 0 Å². The molecule has 3 heteroatoms. The van der Waals surface area contributed by atoms with Gasteiger partial charge >= 0.3 is 0 Å². The van der Waals surface area contributed by atoms with E-state index in [0.717, 1.165) is 19.6 Å². The van der Waals surface area contributed by atoms with Gasteiger partial charge in [-0.3, -0.25) is 0 Å². The van der Waals surface area contributed by atoms with Crippen molar-refractivity contribution in [3.8, 4) is 0 Å². The molecule has 14 heavy (non-hydrogen) atoms. The Kier molecular flexibility index (Phi) is 2.99. The molecule has 0 aliphatic carbocycles. The third-order valence-corrected chi connectivity index (χ3v) is 2.62. The van der Waals surface area contributed by atoms with Crippen LogP contribution in [0.15, 0.2) is 18.3 Å².